The molecule has 0 fully saturated rings. The van der Waals surface area contributed by atoms with Gasteiger partial charge in [-0.15, -0.1) is 0 Å². The summed E-state index contributed by atoms with van der Waals surface area (Å²) in [5.41, 5.74) is 8.41. The summed E-state index contributed by atoms with van der Waals surface area (Å²) in [6.45, 7) is 7.49. The molecule has 4 heteroatoms. The van der Waals surface area contributed by atoms with E-state index in [1.54, 1.807) is 0 Å². The Labute approximate surface area is 146 Å². The first-order valence-corrected chi connectivity index (χ1v) is 8.80. The highest BCUT2D eigenvalue weighted by atomic mass is 15.1. The van der Waals surface area contributed by atoms with Crippen molar-refractivity contribution in [2.45, 2.75) is 13.1 Å². The third-order valence-corrected chi connectivity index (χ3v) is 3.95. The summed E-state index contributed by atoms with van der Waals surface area (Å²) in [5.74, 6) is 0. The maximum atomic E-state index is 5.74. The first-order chi connectivity index (χ1) is 11.9. The summed E-state index contributed by atoms with van der Waals surface area (Å²) in [5, 5.41) is 6.96. The predicted molar refractivity (Wildman–Crippen MR) is 102 cm³/mol. The molecular formula is C20H30N4. The van der Waals surface area contributed by atoms with Crippen molar-refractivity contribution < 1.29 is 0 Å². The highest BCUT2D eigenvalue weighted by Gasteiger charge is 2.04. The van der Waals surface area contributed by atoms with Gasteiger partial charge in [-0.3, -0.25) is 4.90 Å². The average molecular weight is 326 g/mol. The second-order valence-electron chi connectivity index (χ2n) is 5.96. The average Bonchev–Trinajstić information content (AvgIpc) is 2.63. The molecule has 0 aliphatic heterocycles. The van der Waals surface area contributed by atoms with Gasteiger partial charge in [0, 0.05) is 52.4 Å². The van der Waals surface area contributed by atoms with Gasteiger partial charge in [-0.2, -0.15) is 0 Å². The molecule has 130 valence electrons. The molecule has 0 atom stereocenters. The summed E-state index contributed by atoms with van der Waals surface area (Å²) in [6, 6.07) is 21.1. The van der Waals surface area contributed by atoms with Crippen LogP contribution < -0.4 is 16.4 Å². The lowest BCUT2D eigenvalue weighted by Crippen LogP contribution is -2.37. The number of nitrogens with two attached hydrogens (primary N) is 1. The van der Waals surface area contributed by atoms with Gasteiger partial charge in [0.25, 0.3) is 0 Å². The summed E-state index contributed by atoms with van der Waals surface area (Å²) < 4.78 is 0. The van der Waals surface area contributed by atoms with Crippen molar-refractivity contribution in [3.8, 4) is 0 Å². The quantitative estimate of drug-likeness (QED) is 0.521. The fraction of sp³-hybridized carbons (Fsp3) is 0.400. The molecule has 0 saturated heterocycles. The Kier molecular flexibility index (Phi) is 9.12. The van der Waals surface area contributed by atoms with Crippen molar-refractivity contribution in [1.29, 1.82) is 0 Å². The minimum Gasteiger partial charge on any atom is -0.329 e. The van der Waals surface area contributed by atoms with Crippen LogP contribution in [0.15, 0.2) is 60.7 Å². The zero-order valence-corrected chi connectivity index (χ0v) is 14.5. The summed E-state index contributed by atoms with van der Waals surface area (Å²) >= 11 is 0. The zero-order chi connectivity index (χ0) is 16.9. The lowest BCUT2D eigenvalue weighted by molar-refractivity contribution is 0.272. The molecular weight excluding hydrogens is 296 g/mol. The van der Waals surface area contributed by atoms with Crippen LogP contribution in [0.4, 0.5) is 0 Å². The first kappa shape index (κ1) is 18.6. The maximum Gasteiger partial charge on any atom is 0.0234 e. The number of benzene rings is 2. The Hall–Kier alpha value is -1.72. The number of rotatable bonds is 12. The number of hydrogen-bond acceptors (Lipinski definition) is 4. The van der Waals surface area contributed by atoms with Crippen LogP contribution >= 0.6 is 0 Å². The number of hydrogen-bond donors (Lipinski definition) is 3. The van der Waals surface area contributed by atoms with E-state index in [9.17, 15) is 0 Å². The van der Waals surface area contributed by atoms with Crippen LogP contribution in [-0.4, -0.2) is 44.2 Å². The standard InChI is InChI=1S/C20H30N4/c21-11-15-24(18-20-9-5-2-6-10-20)16-14-22-12-13-23-17-19-7-3-1-4-8-19/h1-10,22-23H,11-18,21H2. The van der Waals surface area contributed by atoms with Crippen LogP contribution in [0.1, 0.15) is 11.1 Å². The predicted octanol–water partition coefficient (Wildman–Crippen LogP) is 1.83. The Balaban J connectivity index is 1.55. The van der Waals surface area contributed by atoms with Gasteiger partial charge in [0.1, 0.15) is 0 Å². The third kappa shape index (κ3) is 7.70. The van der Waals surface area contributed by atoms with Crippen LogP contribution in [0, 0.1) is 0 Å². The second-order valence-corrected chi connectivity index (χ2v) is 5.96. The van der Waals surface area contributed by atoms with Crippen LogP contribution in [0.5, 0.6) is 0 Å². The molecule has 0 bridgehead atoms. The Morgan fingerprint density at radius 1 is 0.708 bits per heavy atom. The second kappa shape index (κ2) is 11.8. The normalized spacial score (nSPS) is 11.1. The van der Waals surface area contributed by atoms with Crippen LogP contribution in [0.3, 0.4) is 0 Å². The van der Waals surface area contributed by atoms with Gasteiger partial charge in [-0.1, -0.05) is 60.7 Å². The minimum atomic E-state index is 0.700. The molecule has 0 saturated carbocycles. The van der Waals surface area contributed by atoms with Crippen molar-refractivity contribution in [3.63, 3.8) is 0 Å². The lowest BCUT2D eigenvalue weighted by atomic mass is 10.2. The molecule has 0 unspecified atom stereocenters. The molecule has 0 aliphatic carbocycles. The topological polar surface area (TPSA) is 53.3 Å². The molecule has 2 rings (SSSR count). The summed E-state index contributed by atoms with van der Waals surface area (Å²) in [7, 11) is 0. The number of nitrogens with zero attached hydrogens (tertiary/aromatic N) is 1. The maximum absolute atomic E-state index is 5.74. The SMILES string of the molecule is NCCN(CCNCCNCc1ccccc1)Cc1ccccc1. The van der Waals surface area contributed by atoms with Gasteiger partial charge in [0.15, 0.2) is 0 Å². The molecule has 0 spiro atoms. The van der Waals surface area contributed by atoms with Crippen LogP contribution in [-0.2, 0) is 13.1 Å². The van der Waals surface area contributed by atoms with Gasteiger partial charge in [0.2, 0.25) is 0 Å². The molecule has 2 aromatic rings. The molecule has 0 aromatic heterocycles. The molecule has 24 heavy (non-hydrogen) atoms. The van der Waals surface area contributed by atoms with Gasteiger partial charge in [-0.05, 0) is 11.1 Å². The van der Waals surface area contributed by atoms with E-state index >= 15 is 0 Å². The van der Waals surface area contributed by atoms with Gasteiger partial charge in [0.05, 0.1) is 0 Å². The third-order valence-electron chi connectivity index (χ3n) is 3.95. The smallest absolute Gasteiger partial charge is 0.0234 e. The molecule has 0 amide bonds. The Morgan fingerprint density at radius 2 is 1.33 bits per heavy atom. The van der Waals surface area contributed by atoms with Crippen LogP contribution in [0.25, 0.3) is 0 Å². The largest absolute Gasteiger partial charge is 0.329 e. The van der Waals surface area contributed by atoms with Crippen molar-refractivity contribution in [3.05, 3.63) is 71.8 Å². The zero-order valence-electron chi connectivity index (χ0n) is 14.5. The first-order valence-electron chi connectivity index (χ1n) is 8.80. The van der Waals surface area contributed by atoms with Crippen molar-refractivity contribution >= 4 is 0 Å². The summed E-state index contributed by atoms with van der Waals surface area (Å²) in [4.78, 5) is 2.40. The van der Waals surface area contributed by atoms with E-state index in [4.69, 9.17) is 5.73 Å². The minimum absolute atomic E-state index is 0.700. The fourth-order valence-corrected chi connectivity index (χ4v) is 2.66. The van der Waals surface area contributed by atoms with E-state index in [0.717, 1.165) is 45.8 Å². The Bertz CT molecular complexity index is 530. The van der Waals surface area contributed by atoms with E-state index in [-0.39, 0.29) is 0 Å². The molecule has 0 radical (unpaired) electrons. The van der Waals surface area contributed by atoms with Crippen molar-refractivity contribution in [1.82, 2.24) is 15.5 Å². The lowest BCUT2D eigenvalue weighted by Gasteiger charge is -2.22. The van der Waals surface area contributed by atoms with Gasteiger partial charge in [-0.25, -0.2) is 0 Å². The highest BCUT2D eigenvalue weighted by Crippen LogP contribution is 2.03. The molecule has 0 heterocycles. The van der Waals surface area contributed by atoms with Gasteiger partial charge >= 0.3 is 0 Å². The van der Waals surface area contributed by atoms with E-state index < -0.39 is 0 Å². The van der Waals surface area contributed by atoms with Crippen molar-refractivity contribution in [2.75, 3.05) is 39.3 Å². The molecule has 2 aromatic carbocycles. The number of nitrogens with one attached hydrogen (secondary N) is 2. The molecule has 0 aliphatic rings. The van der Waals surface area contributed by atoms with Crippen molar-refractivity contribution in [2.24, 2.45) is 5.73 Å². The summed E-state index contributed by atoms with van der Waals surface area (Å²) in [6.07, 6.45) is 0. The van der Waals surface area contributed by atoms with E-state index in [1.165, 1.54) is 11.1 Å². The highest BCUT2D eigenvalue weighted by molar-refractivity contribution is 5.15. The van der Waals surface area contributed by atoms with Gasteiger partial charge < -0.3 is 16.4 Å². The van der Waals surface area contributed by atoms with E-state index in [0.29, 0.717) is 6.54 Å². The Morgan fingerprint density at radius 3 is 2.00 bits per heavy atom. The monoisotopic (exact) mass is 326 g/mol. The van der Waals surface area contributed by atoms with E-state index in [1.807, 2.05) is 6.07 Å². The van der Waals surface area contributed by atoms with E-state index in [2.05, 4.69) is 70.1 Å². The van der Waals surface area contributed by atoms with Crippen LogP contribution in [0.2, 0.25) is 0 Å². The molecule has 4 N–H and O–H groups in total. The fourth-order valence-electron chi connectivity index (χ4n) is 2.66. The molecule has 4 nitrogen and oxygen atoms in total.